The van der Waals surface area contributed by atoms with Crippen molar-refractivity contribution in [3.8, 4) is 18.1 Å². The Kier molecular flexibility index (Phi) is 9.61. The van der Waals surface area contributed by atoms with E-state index in [2.05, 4.69) is 5.92 Å². The van der Waals surface area contributed by atoms with Crippen molar-refractivity contribution in [3.63, 3.8) is 0 Å². The first-order valence-corrected chi connectivity index (χ1v) is 8.20. The van der Waals surface area contributed by atoms with Crippen LogP contribution in [0.4, 0.5) is 0 Å². The highest BCUT2D eigenvalue weighted by Crippen LogP contribution is 2.14. The fraction of sp³-hybridized carbons (Fsp3) is 0.526. The lowest BCUT2D eigenvalue weighted by atomic mass is 10.1. The number of primary amides is 1. The number of benzene rings is 1. The molecule has 0 fully saturated rings. The molecule has 3 nitrogen and oxygen atoms in total. The highest BCUT2D eigenvalue weighted by Gasteiger charge is 2.01. The fourth-order valence-electron chi connectivity index (χ4n) is 2.32. The molecule has 2 N–H and O–H groups in total. The number of hydrogen-bond acceptors (Lipinski definition) is 2. The summed E-state index contributed by atoms with van der Waals surface area (Å²) in [7, 11) is 0. The zero-order chi connectivity index (χ0) is 16.0. The first kappa shape index (κ1) is 18.1. The summed E-state index contributed by atoms with van der Waals surface area (Å²) in [6.45, 7) is 0.685. The van der Waals surface area contributed by atoms with Gasteiger partial charge in [0.25, 0.3) is 0 Å². The van der Waals surface area contributed by atoms with Crippen LogP contribution in [0.5, 0.6) is 5.75 Å². The van der Waals surface area contributed by atoms with Crippen molar-refractivity contribution in [3.05, 3.63) is 29.8 Å². The van der Waals surface area contributed by atoms with Crippen LogP contribution in [0.1, 0.15) is 68.1 Å². The summed E-state index contributed by atoms with van der Waals surface area (Å²) < 4.78 is 5.64. The molecule has 22 heavy (non-hydrogen) atoms. The van der Waals surface area contributed by atoms with Gasteiger partial charge in [-0.3, -0.25) is 4.79 Å². The van der Waals surface area contributed by atoms with Gasteiger partial charge in [0.1, 0.15) is 5.75 Å². The van der Waals surface area contributed by atoms with Crippen molar-refractivity contribution in [2.75, 3.05) is 6.61 Å². The van der Waals surface area contributed by atoms with Crippen molar-refractivity contribution in [1.82, 2.24) is 0 Å². The molecule has 1 rings (SSSR count). The van der Waals surface area contributed by atoms with Crippen LogP contribution < -0.4 is 10.5 Å². The van der Waals surface area contributed by atoms with Gasteiger partial charge in [-0.05, 0) is 31.0 Å². The third-order valence-corrected chi connectivity index (χ3v) is 3.60. The molecule has 0 radical (unpaired) electrons. The highest BCUT2D eigenvalue weighted by atomic mass is 16.5. The van der Waals surface area contributed by atoms with Crippen molar-refractivity contribution < 1.29 is 9.53 Å². The number of hydrogen-bond donors (Lipinski definition) is 1. The Morgan fingerprint density at radius 3 is 2.32 bits per heavy atom. The maximum atomic E-state index is 11.1. The zero-order valence-corrected chi connectivity index (χ0v) is 13.4. The Labute approximate surface area is 134 Å². The van der Waals surface area contributed by atoms with E-state index in [0.717, 1.165) is 19.3 Å². The van der Waals surface area contributed by atoms with Gasteiger partial charge in [-0.25, -0.2) is 0 Å². The predicted molar refractivity (Wildman–Crippen MR) is 90.8 cm³/mol. The fourth-order valence-corrected chi connectivity index (χ4v) is 2.32. The number of rotatable bonds is 12. The van der Waals surface area contributed by atoms with E-state index < -0.39 is 5.91 Å². The molecule has 0 atom stereocenters. The number of amides is 1. The highest BCUT2D eigenvalue weighted by molar-refractivity contribution is 5.93. The first-order valence-electron chi connectivity index (χ1n) is 8.20. The van der Waals surface area contributed by atoms with Crippen LogP contribution in [0, 0.1) is 12.3 Å². The summed E-state index contributed by atoms with van der Waals surface area (Å²) in [4.78, 5) is 11.1. The quantitative estimate of drug-likeness (QED) is 0.462. The molecule has 3 heteroatoms. The van der Waals surface area contributed by atoms with Crippen molar-refractivity contribution >= 4 is 5.91 Å². The molecule has 1 aromatic rings. The molecule has 0 aliphatic heterocycles. The monoisotopic (exact) mass is 301 g/mol. The number of carbonyl (C=O) groups excluding carboxylic acids is 1. The molecule has 0 aromatic heterocycles. The summed E-state index contributed by atoms with van der Waals surface area (Å²) in [5.41, 5.74) is 5.73. The van der Waals surface area contributed by atoms with Gasteiger partial charge in [0.2, 0.25) is 5.91 Å². The van der Waals surface area contributed by atoms with Crippen LogP contribution in [0.2, 0.25) is 0 Å². The summed E-state index contributed by atoms with van der Waals surface area (Å²) in [6, 6.07) is 7.02. The van der Waals surface area contributed by atoms with E-state index in [-0.39, 0.29) is 0 Å². The van der Waals surface area contributed by atoms with Gasteiger partial charge in [0.15, 0.2) is 0 Å². The molecule has 1 amide bonds. The maximum absolute atomic E-state index is 11.1. The van der Waals surface area contributed by atoms with E-state index in [9.17, 15) is 4.79 Å². The predicted octanol–water partition coefficient (Wildman–Crippen LogP) is 4.31. The van der Waals surface area contributed by atoms with Crippen molar-refractivity contribution in [2.45, 2.75) is 57.8 Å². The molecule has 0 aliphatic carbocycles. The average Bonchev–Trinajstić information content (AvgIpc) is 2.53. The number of ether oxygens (including phenoxy) is 1. The topological polar surface area (TPSA) is 52.3 Å². The SMILES string of the molecule is C#CCCCCCCCCCCOc1cccc(C(N)=O)c1. The average molecular weight is 301 g/mol. The summed E-state index contributed by atoms with van der Waals surface area (Å²) in [6.07, 6.45) is 15.9. The lowest BCUT2D eigenvalue weighted by Gasteiger charge is -2.07. The van der Waals surface area contributed by atoms with Crippen molar-refractivity contribution in [1.29, 1.82) is 0 Å². The normalized spacial score (nSPS) is 10.1. The molecular weight excluding hydrogens is 274 g/mol. The molecule has 0 saturated heterocycles. The van der Waals surface area contributed by atoms with Crippen LogP contribution in [-0.2, 0) is 0 Å². The second-order valence-electron chi connectivity index (χ2n) is 5.52. The van der Waals surface area contributed by atoms with Gasteiger partial charge >= 0.3 is 0 Å². The lowest BCUT2D eigenvalue weighted by molar-refractivity contribution is 0.1000. The maximum Gasteiger partial charge on any atom is 0.248 e. The van der Waals surface area contributed by atoms with Crippen LogP contribution in [0.3, 0.4) is 0 Å². The minimum absolute atomic E-state index is 0.423. The van der Waals surface area contributed by atoms with E-state index >= 15 is 0 Å². The largest absolute Gasteiger partial charge is 0.494 e. The third-order valence-electron chi connectivity index (χ3n) is 3.60. The summed E-state index contributed by atoms with van der Waals surface area (Å²) in [5.74, 6) is 2.97. The molecule has 0 heterocycles. The molecule has 0 spiro atoms. The number of nitrogens with two attached hydrogens (primary N) is 1. The van der Waals surface area contributed by atoms with Gasteiger partial charge < -0.3 is 10.5 Å². The van der Waals surface area contributed by atoms with Gasteiger partial charge in [-0.2, -0.15) is 0 Å². The minimum atomic E-state index is -0.423. The molecular formula is C19H27NO2. The summed E-state index contributed by atoms with van der Waals surface area (Å²) in [5, 5.41) is 0. The van der Waals surface area contributed by atoms with E-state index in [1.165, 1.54) is 38.5 Å². The van der Waals surface area contributed by atoms with E-state index in [1.54, 1.807) is 18.2 Å². The lowest BCUT2D eigenvalue weighted by Crippen LogP contribution is -2.10. The Balaban J connectivity index is 1.98. The zero-order valence-electron chi connectivity index (χ0n) is 13.4. The van der Waals surface area contributed by atoms with Gasteiger partial charge in [-0.1, -0.05) is 44.6 Å². The van der Waals surface area contributed by atoms with Gasteiger partial charge in [0, 0.05) is 12.0 Å². The Hall–Kier alpha value is -1.95. The van der Waals surface area contributed by atoms with Crippen LogP contribution >= 0.6 is 0 Å². The molecule has 0 saturated carbocycles. The van der Waals surface area contributed by atoms with Gasteiger partial charge in [-0.15, -0.1) is 12.3 Å². The number of unbranched alkanes of at least 4 members (excludes halogenated alkanes) is 8. The Bertz CT molecular complexity index is 477. The second-order valence-corrected chi connectivity index (χ2v) is 5.52. The minimum Gasteiger partial charge on any atom is -0.494 e. The molecule has 1 aromatic carbocycles. The molecule has 0 bridgehead atoms. The smallest absolute Gasteiger partial charge is 0.248 e. The molecule has 0 unspecified atom stereocenters. The molecule has 120 valence electrons. The standard InChI is InChI=1S/C19H27NO2/c1-2-3-4-5-6-7-8-9-10-11-15-22-18-14-12-13-17(16-18)19(20)21/h1,12-14,16H,3-11,15H2,(H2,20,21). The van der Waals surface area contributed by atoms with E-state index in [1.807, 2.05) is 6.07 Å². The number of terminal acetylenes is 1. The Morgan fingerprint density at radius 2 is 1.68 bits per heavy atom. The summed E-state index contributed by atoms with van der Waals surface area (Å²) >= 11 is 0. The van der Waals surface area contributed by atoms with E-state index in [0.29, 0.717) is 17.9 Å². The molecule has 0 aliphatic rings. The second kappa shape index (κ2) is 11.7. The van der Waals surface area contributed by atoms with Crippen molar-refractivity contribution in [2.24, 2.45) is 5.73 Å². The Morgan fingerprint density at radius 1 is 1.05 bits per heavy atom. The van der Waals surface area contributed by atoms with Crippen LogP contribution in [0.25, 0.3) is 0 Å². The van der Waals surface area contributed by atoms with Gasteiger partial charge in [0.05, 0.1) is 6.61 Å². The van der Waals surface area contributed by atoms with Crippen LogP contribution in [-0.4, -0.2) is 12.5 Å². The van der Waals surface area contributed by atoms with E-state index in [4.69, 9.17) is 16.9 Å². The third kappa shape index (κ3) is 8.36. The number of carbonyl (C=O) groups is 1. The van der Waals surface area contributed by atoms with Crippen LogP contribution in [0.15, 0.2) is 24.3 Å². The first-order chi connectivity index (χ1) is 10.7.